The van der Waals surface area contributed by atoms with Gasteiger partial charge in [0.1, 0.15) is 5.69 Å². The van der Waals surface area contributed by atoms with Crippen molar-refractivity contribution in [2.45, 2.75) is 39.2 Å². The highest BCUT2D eigenvalue weighted by atomic mass is 16.5. The number of carbonyl (C=O) groups is 1. The van der Waals surface area contributed by atoms with Gasteiger partial charge in [-0.3, -0.25) is 4.79 Å². The van der Waals surface area contributed by atoms with Crippen LogP contribution in [0.1, 0.15) is 33.1 Å². The van der Waals surface area contributed by atoms with Crippen LogP contribution in [0.4, 0.5) is 5.69 Å². The first-order valence-corrected chi connectivity index (χ1v) is 6.30. The molecular formula is C13H21N3O2. The summed E-state index contributed by atoms with van der Waals surface area (Å²) in [5.41, 5.74) is 6.42. The first kappa shape index (κ1) is 14.4. The van der Waals surface area contributed by atoms with Crippen LogP contribution in [0.25, 0.3) is 0 Å². The summed E-state index contributed by atoms with van der Waals surface area (Å²) in [4.78, 5) is 15.8. The van der Waals surface area contributed by atoms with E-state index in [1.165, 1.54) is 0 Å². The molecule has 0 spiro atoms. The summed E-state index contributed by atoms with van der Waals surface area (Å²) in [7, 11) is 0. The number of ether oxygens (including phenoxy) is 1. The molecule has 1 atom stereocenters. The second-order valence-corrected chi connectivity index (χ2v) is 4.09. The number of hydrogen-bond donors (Lipinski definition) is 2. The number of nitrogens with zero attached hydrogens (tertiary/aromatic N) is 1. The maximum atomic E-state index is 11.8. The van der Waals surface area contributed by atoms with Crippen LogP contribution in [0.5, 0.6) is 5.88 Å². The third kappa shape index (κ3) is 4.71. The van der Waals surface area contributed by atoms with Crippen molar-refractivity contribution in [2.24, 2.45) is 5.73 Å². The molecule has 0 bridgehead atoms. The Bertz CT molecular complexity index is 382. The van der Waals surface area contributed by atoms with Crippen LogP contribution in [0.3, 0.4) is 0 Å². The number of amides is 1. The Hall–Kier alpha value is -1.62. The molecule has 18 heavy (non-hydrogen) atoms. The highest BCUT2D eigenvalue weighted by molar-refractivity contribution is 5.92. The molecule has 100 valence electrons. The predicted octanol–water partition coefficient (Wildman–Crippen LogP) is 1.94. The van der Waals surface area contributed by atoms with Gasteiger partial charge in [0, 0.05) is 18.7 Å². The fraction of sp³-hybridized carbons (Fsp3) is 0.538. The Balaban J connectivity index is 2.58. The Labute approximate surface area is 108 Å². The Morgan fingerprint density at radius 3 is 3.00 bits per heavy atom. The summed E-state index contributed by atoms with van der Waals surface area (Å²) in [6.07, 6.45) is 3.77. The Morgan fingerprint density at radius 2 is 2.33 bits per heavy atom. The number of nitrogens with one attached hydrogen (secondary N) is 1. The minimum atomic E-state index is -0.107. The van der Waals surface area contributed by atoms with Gasteiger partial charge in [0.2, 0.25) is 11.8 Å². The van der Waals surface area contributed by atoms with Crippen LogP contribution in [-0.4, -0.2) is 23.5 Å². The molecule has 1 heterocycles. The molecule has 0 aromatic carbocycles. The lowest BCUT2D eigenvalue weighted by Gasteiger charge is -2.12. The summed E-state index contributed by atoms with van der Waals surface area (Å²) in [5.74, 6) is 0.335. The molecule has 0 aliphatic carbocycles. The summed E-state index contributed by atoms with van der Waals surface area (Å²) >= 11 is 0. The molecule has 1 amide bonds. The van der Waals surface area contributed by atoms with E-state index in [9.17, 15) is 4.79 Å². The van der Waals surface area contributed by atoms with E-state index in [-0.39, 0.29) is 11.9 Å². The van der Waals surface area contributed by atoms with Gasteiger partial charge in [-0.1, -0.05) is 13.3 Å². The molecule has 5 nitrogen and oxygen atoms in total. The summed E-state index contributed by atoms with van der Waals surface area (Å²) in [6.45, 7) is 4.43. The van der Waals surface area contributed by atoms with Gasteiger partial charge in [0.15, 0.2) is 0 Å². The quantitative estimate of drug-likeness (QED) is 0.776. The molecule has 0 saturated carbocycles. The van der Waals surface area contributed by atoms with Gasteiger partial charge in [-0.2, -0.15) is 0 Å². The van der Waals surface area contributed by atoms with Crippen molar-refractivity contribution in [3.8, 4) is 5.88 Å². The zero-order valence-electron chi connectivity index (χ0n) is 11.0. The monoisotopic (exact) mass is 251 g/mol. The van der Waals surface area contributed by atoms with Crippen LogP contribution < -0.4 is 15.8 Å². The third-order valence-corrected chi connectivity index (χ3v) is 2.43. The Morgan fingerprint density at radius 1 is 1.56 bits per heavy atom. The molecule has 1 unspecified atom stereocenters. The Kier molecular flexibility index (Phi) is 6.14. The fourth-order valence-electron chi connectivity index (χ4n) is 1.65. The average Bonchev–Trinajstić information content (AvgIpc) is 2.32. The zero-order chi connectivity index (χ0) is 13.4. The molecule has 3 N–H and O–H groups in total. The largest absolute Gasteiger partial charge is 0.476 e. The minimum absolute atomic E-state index is 0.0952. The number of rotatable bonds is 7. The number of pyridine rings is 1. The molecule has 0 aliphatic rings. The van der Waals surface area contributed by atoms with Crippen molar-refractivity contribution in [3.05, 3.63) is 18.3 Å². The lowest BCUT2D eigenvalue weighted by atomic mass is 10.1. The highest BCUT2D eigenvalue weighted by Gasteiger charge is 2.11. The standard InChI is InChI=1S/C13H21N3O2/c1-3-6-10(14)9-12(17)16-11-7-5-8-15-13(11)18-4-2/h5,7-8,10H,3-4,6,9,14H2,1-2H3,(H,16,17). The molecule has 0 aliphatic heterocycles. The van der Waals surface area contributed by atoms with E-state index in [0.717, 1.165) is 12.8 Å². The summed E-state index contributed by atoms with van der Waals surface area (Å²) in [5, 5.41) is 2.78. The smallest absolute Gasteiger partial charge is 0.237 e. The first-order valence-electron chi connectivity index (χ1n) is 6.30. The van der Waals surface area contributed by atoms with Crippen molar-refractivity contribution in [3.63, 3.8) is 0 Å². The van der Waals surface area contributed by atoms with Crippen molar-refractivity contribution in [2.75, 3.05) is 11.9 Å². The van der Waals surface area contributed by atoms with Crippen molar-refractivity contribution >= 4 is 11.6 Å². The highest BCUT2D eigenvalue weighted by Crippen LogP contribution is 2.20. The normalized spacial score (nSPS) is 11.9. The molecule has 1 aromatic heterocycles. The van der Waals surface area contributed by atoms with Crippen molar-refractivity contribution in [1.82, 2.24) is 4.98 Å². The van der Waals surface area contributed by atoms with E-state index in [2.05, 4.69) is 10.3 Å². The topological polar surface area (TPSA) is 77.2 Å². The SMILES string of the molecule is CCCC(N)CC(=O)Nc1cccnc1OCC. The van der Waals surface area contributed by atoms with Crippen LogP contribution in [-0.2, 0) is 4.79 Å². The number of nitrogens with two attached hydrogens (primary N) is 1. The second-order valence-electron chi connectivity index (χ2n) is 4.09. The van der Waals surface area contributed by atoms with Crippen LogP contribution in [0.2, 0.25) is 0 Å². The lowest BCUT2D eigenvalue weighted by molar-refractivity contribution is -0.116. The maximum Gasteiger partial charge on any atom is 0.237 e. The van der Waals surface area contributed by atoms with Gasteiger partial charge < -0.3 is 15.8 Å². The van der Waals surface area contributed by atoms with Gasteiger partial charge in [0.25, 0.3) is 0 Å². The van der Waals surface area contributed by atoms with Crippen LogP contribution >= 0.6 is 0 Å². The summed E-state index contributed by atoms with van der Waals surface area (Å²) in [6, 6.07) is 3.42. The molecule has 1 aromatic rings. The van der Waals surface area contributed by atoms with E-state index in [1.54, 1.807) is 18.3 Å². The van der Waals surface area contributed by atoms with Crippen LogP contribution in [0.15, 0.2) is 18.3 Å². The van der Waals surface area contributed by atoms with Crippen molar-refractivity contribution in [1.29, 1.82) is 0 Å². The first-order chi connectivity index (χ1) is 8.67. The molecule has 1 rings (SSSR count). The van der Waals surface area contributed by atoms with Gasteiger partial charge in [-0.15, -0.1) is 0 Å². The third-order valence-electron chi connectivity index (χ3n) is 2.43. The van der Waals surface area contributed by atoms with Gasteiger partial charge >= 0.3 is 0 Å². The fourth-order valence-corrected chi connectivity index (χ4v) is 1.65. The number of hydrogen-bond acceptors (Lipinski definition) is 4. The molecule has 5 heteroatoms. The van der Waals surface area contributed by atoms with Gasteiger partial charge in [-0.25, -0.2) is 4.98 Å². The molecular weight excluding hydrogens is 230 g/mol. The average molecular weight is 251 g/mol. The van der Waals surface area contributed by atoms with E-state index >= 15 is 0 Å². The summed E-state index contributed by atoms with van der Waals surface area (Å²) < 4.78 is 5.33. The maximum absolute atomic E-state index is 11.8. The zero-order valence-corrected chi connectivity index (χ0v) is 11.0. The predicted molar refractivity (Wildman–Crippen MR) is 71.5 cm³/mol. The minimum Gasteiger partial charge on any atom is -0.476 e. The van der Waals surface area contributed by atoms with E-state index in [4.69, 9.17) is 10.5 Å². The molecule has 0 radical (unpaired) electrons. The van der Waals surface area contributed by atoms with E-state index in [1.807, 2.05) is 13.8 Å². The van der Waals surface area contributed by atoms with Gasteiger partial charge in [0.05, 0.1) is 6.61 Å². The van der Waals surface area contributed by atoms with Crippen LogP contribution in [0, 0.1) is 0 Å². The van der Waals surface area contributed by atoms with Gasteiger partial charge in [-0.05, 0) is 25.5 Å². The number of aromatic nitrogens is 1. The lowest BCUT2D eigenvalue weighted by Crippen LogP contribution is -2.27. The number of anilines is 1. The number of carbonyl (C=O) groups excluding carboxylic acids is 1. The molecule has 0 fully saturated rings. The van der Waals surface area contributed by atoms with Crippen molar-refractivity contribution < 1.29 is 9.53 Å². The van der Waals surface area contributed by atoms with E-state index in [0.29, 0.717) is 24.6 Å². The second kappa shape index (κ2) is 7.66. The molecule has 0 saturated heterocycles. The van der Waals surface area contributed by atoms with E-state index < -0.39 is 0 Å².